The molecule has 4 heterocycles. The van der Waals surface area contributed by atoms with Gasteiger partial charge < -0.3 is 23.5 Å². The molecule has 0 radical (unpaired) electrons. The minimum absolute atomic E-state index is 0.0380. The number of ether oxygens (including phenoxy) is 1. The van der Waals surface area contributed by atoms with Crippen molar-refractivity contribution < 1.29 is 18.2 Å². The Morgan fingerprint density at radius 3 is 2.66 bits per heavy atom. The van der Waals surface area contributed by atoms with Crippen LogP contribution in [0.25, 0.3) is 11.2 Å². The first-order valence-corrected chi connectivity index (χ1v) is 22.5. The number of nitrogens with one attached hydrogen (secondary N) is 2. The summed E-state index contributed by atoms with van der Waals surface area (Å²) in [6, 6.07) is 0. The molecule has 0 aromatic carbocycles. The van der Waals surface area contributed by atoms with Gasteiger partial charge in [0.05, 0.1) is 25.1 Å². The molecule has 2 N–H and O–H groups in total. The van der Waals surface area contributed by atoms with Crippen LogP contribution in [-0.2, 0) is 30.0 Å². The molecule has 2 aromatic rings. The van der Waals surface area contributed by atoms with E-state index in [1.54, 1.807) is 17.7 Å². The van der Waals surface area contributed by atoms with Crippen molar-refractivity contribution in [2.75, 3.05) is 11.9 Å². The van der Waals surface area contributed by atoms with Gasteiger partial charge in [-0.25, -0.2) is 4.98 Å². The maximum absolute atomic E-state index is 12.9. The molecule has 246 valence electrons. The Balaban J connectivity index is 1.42. The third-order valence-electron chi connectivity index (χ3n) is 9.54. The first kappa shape index (κ1) is 34.3. The van der Waals surface area contributed by atoms with Gasteiger partial charge >= 0.3 is 0 Å². The number of fused-ring (bicyclic) bond motifs is 2. The van der Waals surface area contributed by atoms with Crippen molar-refractivity contribution in [3.05, 3.63) is 28.8 Å². The van der Waals surface area contributed by atoms with Gasteiger partial charge in [0, 0.05) is 16.7 Å². The Labute approximate surface area is 271 Å². The van der Waals surface area contributed by atoms with Gasteiger partial charge in [-0.05, 0) is 89.7 Å². The topological polar surface area (TPSA) is 113 Å². The molecule has 7 atom stereocenters. The summed E-state index contributed by atoms with van der Waals surface area (Å²) >= 11 is 7.92. The van der Waals surface area contributed by atoms with Crippen molar-refractivity contribution in [3.8, 4) is 0 Å². The Morgan fingerprint density at radius 2 is 2.02 bits per heavy atom. The van der Waals surface area contributed by atoms with Crippen LogP contribution >= 0.6 is 17.1 Å². The van der Waals surface area contributed by atoms with Crippen LogP contribution in [0.15, 0.2) is 23.3 Å². The summed E-state index contributed by atoms with van der Waals surface area (Å²) in [5.74, 6) is 0.832. The second-order valence-electron chi connectivity index (χ2n) is 15.5. The van der Waals surface area contributed by atoms with Crippen molar-refractivity contribution >= 4 is 54.3 Å². The number of imidazole rings is 1. The zero-order valence-corrected chi connectivity index (χ0v) is 31.4. The number of allylic oxidation sites excluding steroid dienone is 1. The standard InChI is InChI=1S/C30H50N5O5PS2Si/c1-18(2)19-12-13-30(9)22(14-19)40-41(42,43-30)39-20-15-23(38-21(20)16-37-44(10,11)29(6,7)8)35-17-31-24-25(35)32-27(33-26(24)36)34-28(3,4)5/h17,19-23H,1,12-16H2,2-11H3,(H2,32,33,34,36)/t19-,20+,21-,22?,23-,30+,41?/m1/s1. The number of hydrogen-bond donors (Lipinski definition) is 2. The van der Waals surface area contributed by atoms with Crippen molar-refractivity contribution in [1.82, 2.24) is 19.5 Å². The smallest absolute Gasteiger partial charge is 0.280 e. The number of H-pyrrole nitrogens is 1. The summed E-state index contributed by atoms with van der Waals surface area (Å²) < 4.78 is 28.6. The molecule has 1 saturated carbocycles. The van der Waals surface area contributed by atoms with E-state index < -0.39 is 20.2 Å². The largest absolute Gasteiger partial charge is 0.414 e. The Morgan fingerprint density at radius 1 is 1.32 bits per heavy atom. The molecule has 5 rings (SSSR count). The molecule has 2 saturated heterocycles. The van der Waals surface area contributed by atoms with E-state index in [4.69, 9.17) is 35.0 Å². The predicted octanol–water partition coefficient (Wildman–Crippen LogP) is 7.52. The van der Waals surface area contributed by atoms with Gasteiger partial charge in [-0.15, -0.1) is 0 Å². The summed E-state index contributed by atoms with van der Waals surface area (Å²) in [6.07, 6.45) is 4.02. The average molecular weight is 684 g/mol. The molecule has 2 aromatic heterocycles. The highest BCUT2D eigenvalue weighted by atomic mass is 32.9. The lowest BCUT2D eigenvalue weighted by molar-refractivity contribution is -0.0370. The lowest BCUT2D eigenvalue weighted by Gasteiger charge is -2.37. The number of nitrogens with zero attached hydrogens (tertiary/aromatic N) is 3. The van der Waals surface area contributed by atoms with Crippen molar-refractivity contribution in [3.63, 3.8) is 0 Å². The highest BCUT2D eigenvalue weighted by Gasteiger charge is 2.55. The zero-order valence-electron chi connectivity index (χ0n) is 27.9. The highest BCUT2D eigenvalue weighted by Crippen LogP contribution is 2.76. The summed E-state index contributed by atoms with van der Waals surface area (Å²) in [5.41, 5.74) is -1.36. The van der Waals surface area contributed by atoms with E-state index in [0.717, 1.165) is 19.3 Å². The lowest BCUT2D eigenvalue weighted by Crippen LogP contribution is -2.44. The molecule has 3 aliphatic rings. The number of rotatable bonds is 8. The minimum atomic E-state index is -2.68. The SMILES string of the molecule is C=C(C)[C@@H]1CC[C@]2(C)SP(=S)(O[C@H]3C[C@H](n4cnc5c(=O)[nH]c(NC(C)(C)C)nc54)O[C@@H]3CO[Si](C)(C)C(C)(C)C)OC2C1. The van der Waals surface area contributed by atoms with Crippen LogP contribution in [0.4, 0.5) is 5.95 Å². The fraction of sp³-hybridized carbons (Fsp3) is 0.767. The van der Waals surface area contributed by atoms with Crippen LogP contribution in [0.2, 0.25) is 18.1 Å². The molecule has 0 spiro atoms. The maximum atomic E-state index is 12.9. The van der Waals surface area contributed by atoms with E-state index >= 15 is 0 Å². The van der Waals surface area contributed by atoms with Gasteiger partial charge in [-0.3, -0.25) is 14.3 Å². The van der Waals surface area contributed by atoms with Gasteiger partial charge in [0.15, 0.2) is 19.5 Å². The quantitative estimate of drug-likeness (QED) is 0.165. The fourth-order valence-electron chi connectivity index (χ4n) is 5.79. The Bertz CT molecular complexity index is 1520. The summed E-state index contributed by atoms with van der Waals surface area (Å²) in [4.78, 5) is 24.8. The van der Waals surface area contributed by atoms with Gasteiger partial charge in [0.25, 0.3) is 5.56 Å². The molecule has 1 aliphatic carbocycles. The van der Waals surface area contributed by atoms with Crippen LogP contribution in [0.3, 0.4) is 0 Å². The first-order valence-electron chi connectivity index (χ1n) is 15.6. The third kappa shape index (κ3) is 7.10. The minimum Gasteiger partial charge on any atom is -0.414 e. The van der Waals surface area contributed by atoms with Crippen LogP contribution in [0.1, 0.15) is 87.3 Å². The van der Waals surface area contributed by atoms with Crippen molar-refractivity contribution in [2.24, 2.45) is 5.92 Å². The molecule has 2 unspecified atom stereocenters. The number of aromatic nitrogens is 4. The number of aromatic amines is 1. The molecule has 10 nitrogen and oxygen atoms in total. The Hall–Kier alpha value is -1.05. The molecule has 0 bridgehead atoms. The van der Waals surface area contributed by atoms with E-state index in [2.05, 4.69) is 69.6 Å². The zero-order chi connectivity index (χ0) is 32.5. The summed E-state index contributed by atoms with van der Waals surface area (Å²) in [7, 11) is -2.07. The second kappa shape index (κ2) is 11.9. The summed E-state index contributed by atoms with van der Waals surface area (Å²) in [6.45, 7) is 26.1. The Kier molecular flexibility index (Phi) is 9.26. The lowest BCUT2D eigenvalue weighted by atomic mass is 9.77. The monoisotopic (exact) mass is 683 g/mol. The van der Waals surface area contributed by atoms with Crippen LogP contribution < -0.4 is 10.9 Å². The van der Waals surface area contributed by atoms with Crippen molar-refractivity contribution in [2.45, 2.75) is 134 Å². The van der Waals surface area contributed by atoms with E-state index in [-0.39, 0.29) is 44.7 Å². The third-order valence-corrected chi connectivity index (χ3v) is 19.8. The second-order valence-corrected chi connectivity index (χ2v) is 26.8. The van der Waals surface area contributed by atoms with Gasteiger partial charge in [0.1, 0.15) is 12.3 Å². The van der Waals surface area contributed by atoms with E-state index in [0.29, 0.717) is 30.5 Å². The molecule has 2 aliphatic heterocycles. The molecular weight excluding hydrogens is 634 g/mol. The average Bonchev–Trinajstić information content (AvgIpc) is 3.53. The summed E-state index contributed by atoms with van der Waals surface area (Å²) in [5, 5.41) is 3.30. The van der Waals surface area contributed by atoms with Crippen LogP contribution in [0.5, 0.6) is 0 Å². The van der Waals surface area contributed by atoms with E-state index in [1.165, 1.54) is 5.57 Å². The molecule has 44 heavy (non-hydrogen) atoms. The number of anilines is 1. The predicted molar refractivity (Wildman–Crippen MR) is 185 cm³/mol. The van der Waals surface area contributed by atoms with Crippen molar-refractivity contribution in [1.29, 1.82) is 0 Å². The van der Waals surface area contributed by atoms with Gasteiger partial charge in [-0.1, -0.05) is 44.3 Å². The van der Waals surface area contributed by atoms with Gasteiger partial charge in [0.2, 0.25) is 11.6 Å². The first-order chi connectivity index (χ1) is 20.2. The van der Waals surface area contributed by atoms with Gasteiger partial charge in [-0.2, -0.15) is 4.98 Å². The molecule has 3 fully saturated rings. The normalized spacial score (nSPS) is 33.1. The van der Waals surface area contributed by atoms with E-state index in [9.17, 15) is 4.79 Å². The van der Waals surface area contributed by atoms with Crippen LogP contribution in [-0.4, -0.2) is 63.0 Å². The molecular formula is C30H50N5O5PS2Si. The maximum Gasteiger partial charge on any atom is 0.280 e. The number of hydrogen-bond acceptors (Lipinski definition) is 10. The van der Waals surface area contributed by atoms with Crippen LogP contribution in [0, 0.1) is 5.92 Å². The fourth-order valence-corrected chi connectivity index (χ4v) is 14.4. The molecule has 14 heteroatoms. The molecule has 0 amide bonds. The highest BCUT2D eigenvalue weighted by molar-refractivity contribution is 8.68. The van der Waals surface area contributed by atoms with E-state index in [1.807, 2.05) is 25.3 Å².